The lowest BCUT2D eigenvalue weighted by molar-refractivity contribution is 0.208. The molecular formula is C13H27N5. The van der Waals surface area contributed by atoms with Gasteiger partial charge < -0.3 is 10.6 Å². The van der Waals surface area contributed by atoms with Gasteiger partial charge in [-0.05, 0) is 47.6 Å². The molecule has 0 aliphatic heterocycles. The van der Waals surface area contributed by atoms with Crippen molar-refractivity contribution in [2.24, 2.45) is 12.8 Å². The molecule has 0 spiro atoms. The summed E-state index contributed by atoms with van der Waals surface area (Å²) in [5.41, 5.74) is 7.32. The predicted molar refractivity (Wildman–Crippen MR) is 75.4 cm³/mol. The second kappa shape index (κ2) is 6.87. The fourth-order valence-electron chi connectivity index (χ4n) is 2.33. The van der Waals surface area contributed by atoms with E-state index in [1.165, 1.54) is 5.56 Å². The van der Waals surface area contributed by atoms with Gasteiger partial charge in [0, 0.05) is 24.8 Å². The molecule has 0 fully saturated rings. The highest BCUT2D eigenvalue weighted by Crippen LogP contribution is 2.21. The number of rotatable bonds is 7. The van der Waals surface area contributed by atoms with Crippen molar-refractivity contribution in [1.29, 1.82) is 0 Å². The molecule has 18 heavy (non-hydrogen) atoms. The van der Waals surface area contributed by atoms with Crippen molar-refractivity contribution in [3.63, 3.8) is 0 Å². The lowest BCUT2D eigenvalue weighted by atomic mass is 10.0. The van der Waals surface area contributed by atoms with Gasteiger partial charge in [0.05, 0.1) is 12.2 Å². The fraction of sp³-hybridized carbons (Fsp3) is 0.769. The van der Waals surface area contributed by atoms with Crippen LogP contribution in [-0.4, -0.2) is 59.9 Å². The largest absolute Gasteiger partial charge is 0.326 e. The van der Waals surface area contributed by atoms with E-state index in [1.807, 2.05) is 17.9 Å². The summed E-state index contributed by atoms with van der Waals surface area (Å²) in [6.45, 7) is 4.20. The van der Waals surface area contributed by atoms with Crippen LogP contribution in [0.1, 0.15) is 24.9 Å². The molecule has 2 N–H and O–H groups in total. The lowest BCUT2D eigenvalue weighted by Gasteiger charge is -2.30. The Morgan fingerprint density at radius 1 is 1.33 bits per heavy atom. The summed E-state index contributed by atoms with van der Waals surface area (Å²) >= 11 is 0. The van der Waals surface area contributed by atoms with Crippen LogP contribution in [0.4, 0.5) is 0 Å². The molecule has 0 aromatic carbocycles. The molecule has 2 atom stereocenters. The summed E-state index contributed by atoms with van der Waals surface area (Å²) in [4.78, 5) is 4.53. The molecule has 1 aromatic heterocycles. The second-order valence-electron chi connectivity index (χ2n) is 5.39. The Balaban J connectivity index is 2.61. The Morgan fingerprint density at radius 2 is 2.00 bits per heavy atom. The first-order chi connectivity index (χ1) is 8.41. The Bertz CT molecular complexity index is 345. The normalized spacial score (nSPS) is 15.3. The van der Waals surface area contributed by atoms with Crippen LogP contribution in [-0.2, 0) is 7.05 Å². The zero-order valence-electron chi connectivity index (χ0n) is 12.3. The molecule has 1 aromatic rings. The van der Waals surface area contributed by atoms with E-state index in [9.17, 15) is 0 Å². The average Bonchev–Trinajstić information content (AvgIpc) is 2.63. The minimum absolute atomic E-state index is 0.0959. The number of likely N-dealkylation sites (N-methyl/N-ethyl adjacent to an activating group) is 1. The van der Waals surface area contributed by atoms with Crippen molar-refractivity contribution in [2.75, 3.05) is 34.2 Å². The van der Waals surface area contributed by atoms with E-state index in [1.54, 1.807) is 0 Å². The maximum absolute atomic E-state index is 6.12. The molecule has 0 aliphatic carbocycles. The molecule has 0 amide bonds. The summed E-state index contributed by atoms with van der Waals surface area (Å²) < 4.78 is 1.83. The van der Waals surface area contributed by atoms with Crippen LogP contribution in [0, 0.1) is 0 Å². The average molecular weight is 253 g/mol. The Labute approximate surface area is 111 Å². The number of nitrogens with two attached hydrogens (primary N) is 1. The van der Waals surface area contributed by atoms with E-state index >= 15 is 0 Å². The van der Waals surface area contributed by atoms with Gasteiger partial charge in [-0.25, -0.2) is 0 Å². The van der Waals surface area contributed by atoms with E-state index in [0.717, 1.165) is 19.5 Å². The molecule has 0 radical (unpaired) electrons. The Hall–Kier alpha value is -0.910. The fourth-order valence-corrected chi connectivity index (χ4v) is 2.33. The van der Waals surface area contributed by atoms with Crippen LogP contribution in [0.3, 0.4) is 0 Å². The number of hydrogen-bond acceptors (Lipinski definition) is 4. The Morgan fingerprint density at radius 3 is 2.44 bits per heavy atom. The van der Waals surface area contributed by atoms with Gasteiger partial charge in [0.25, 0.3) is 0 Å². The van der Waals surface area contributed by atoms with E-state index < -0.39 is 0 Å². The molecule has 5 nitrogen and oxygen atoms in total. The number of nitrogens with zero attached hydrogens (tertiary/aromatic N) is 4. The van der Waals surface area contributed by atoms with E-state index in [0.29, 0.717) is 0 Å². The summed E-state index contributed by atoms with van der Waals surface area (Å²) in [5, 5.41) is 4.24. The maximum Gasteiger partial charge on any atom is 0.0538 e. The summed E-state index contributed by atoms with van der Waals surface area (Å²) in [6, 6.07) is 0.333. The Kier molecular flexibility index (Phi) is 5.78. The second-order valence-corrected chi connectivity index (χ2v) is 5.39. The third-order valence-electron chi connectivity index (χ3n) is 3.16. The summed E-state index contributed by atoms with van der Waals surface area (Å²) in [5.74, 6) is 0. The van der Waals surface area contributed by atoms with E-state index in [4.69, 9.17) is 5.73 Å². The third kappa shape index (κ3) is 4.40. The highest BCUT2D eigenvalue weighted by Gasteiger charge is 2.22. The standard InChI is InChI=1S/C13H27N5/c1-11(14)13(12-9-15-18(5)10-12)17(4)8-6-7-16(2)3/h9-11,13H,6-8,14H2,1-5H3. The van der Waals surface area contributed by atoms with E-state index in [-0.39, 0.29) is 12.1 Å². The van der Waals surface area contributed by atoms with Crippen LogP contribution in [0.15, 0.2) is 12.4 Å². The van der Waals surface area contributed by atoms with Gasteiger partial charge in [0.15, 0.2) is 0 Å². The van der Waals surface area contributed by atoms with Crippen molar-refractivity contribution < 1.29 is 0 Å². The van der Waals surface area contributed by atoms with Crippen LogP contribution in [0.25, 0.3) is 0 Å². The molecule has 5 heteroatoms. The highest BCUT2D eigenvalue weighted by molar-refractivity contribution is 5.12. The molecule has 1 rings (SSSR count). The molecule has 0 aliphatic rings. The van der Waals surface area contributed by atoms with E-state index in [2.05, 4.69) is 49.2 Å². The smallest absolute Gasteiger partial charge is 0.0538 e. The first-order valence-electron chi connectivity index (χ1n) is 6.51. The zero-order valence-corrected chi connectivity index (χ0v) is 12.3. The minimum atomic E-state index is 0.0959. The van der Waals surface area contributed by atoms with Crippen LogP contribution in [0.2, 0.25) is 0 Å². The predicted octanol–water partition coefficient (Wildman–Crippen LogP) is 0.692. The van der Waals surface area contributed by atoms with Crippen molar-refractivity contribution >= 4 is 0 Å². The molecule has 104 valence electrons. The minimum Gasteiger partial charge on any atom is -0.326 e. The zero-order chi connectivity index (χ0) is 13.7. The first-order valence-corrected chi connectivity index (χ1v) is 6.51. The van der Waals surface area contributed by atoms with Crippen molar-refractivity contribution in [3.8, 4) is 0 Å². The van der Waals surface area contributed by atoms with Crippen molar-refractivity contribution in [2.45, 2.75) is 25.4 Å². The lowest BCUT2D eigenvalue weighted by Crippen LogP contribution is -2.38. The molecule has 0 saturated heterocycles. The van der Waals surface area contributed by atoms with Crippen LogP contribution in [0.5, 0.6) is 0 Å². The van der Waals surface area contributed by atoms with Gasteiger partial charge in [-0.15, -0.1) is 0 Å². The number of aromatic nitrogens is 2. The van der Waals surface area contributed by atoms with Gasteiger partial charge >= 0.3 is 0 Å². The molecule has 0 bridgehead atoms. The quantitative estimate of drug-likeness (QED) is 0.777. The molecule has 0 saturated carbocycles. The van der Waals surface area contributed by atoms with Gasteiger partial charge in [0.1, 0.15) is 0 Å². The van der Waals surface area contributed by atoms with Gasteiger partial charge in [-0.2, -0.15) is 5.10 Å². The van der Waals surface area contributed by atoms with Crippen molar-refractivity contribution in [1.82, 2.24) is 19.6 Å². The number of hydrogen-bond donors (Lipinski definition) is 1. The summed E-state index contributed by atoms with van der Waals surface area (Å²) in [7, 11) is 8.28. The number of aryl methyl sites for hydroxylation is 1. The van der Waals surface area contributed by atoms with Gasteiger partial charge in [-0.1, -0.05) is 0 Å². The van der Waals surface area contributed by atoms with Crippen LogP contribution >= 0.6 is 0 Å². The topological polar surface area (TPSA) is 50.3 Å². The first kappa shape index (κ1) is 15.1. The SMILES string of the molecule is CC(N)C(c1cnn(C)c1)N(C)CCCN(C)C. The monoisotopic (exact) mass is 253 g/mol. The highest BCUT2D eigenvalue weighted by atomic mass is 15.2. The van der Waals surface area contributed by atoms with Crippen molar-refractivity contribution in [3.05, 3.63) is 18.0 Å². The van der Waals surface area contributed by atoms with Gasteiger partial charge in [0.2, 0.25) is 0 Å². The van der Waals surface area contributed by atoms with Gasteiger partial charge in [-0.3, -0.25) is 9.58 Å². The summed E-state index contributed by atoms with van der Waals surface area (Å²) in [6.07, 6.45) is 5.11. The molecule has 2 unspecified atom stereocenters. The molecular weight excluding hydrogens is 226 g/mol. The molecule has 1 heterocycles. The third-order valence-corrected chi connectivity index (χ3v) is 3.16. The maximum atomic E-state index is 6.12. The van der Waals surface area contributed by atoms with Crippen LogP contribution < -0.4 is 5.73 Å².